The van der Waals surface area contributed by atoms with Crippen molar-refractivity contribution in [1.29, 1.82) is 0 Å². The first-order chi connectivity index (χ1) is 8.79. The van der Waals surface area contributed by atoms with Gasteiger partial charge in [0.1, 0.15) is 0 Å². The van der Waals surface area contributed by atoms with Gasteiger partial charge in [-0.25, -0.2) is 0 Å². The van der Waals surface area contributed by atoms with Gasteiger partial charge >= 0.3 is 0 Å². The first-order valence-electron chi connectivity index (χ1n) is 5.90. The predicted molar refractivity (Wildman–Crippen MR) is 71.6 cm³/mol. The van der Waals surface area contributed by atoms with E-state index in [0.29, 0.717) is 12.3 Å². The minimum absolute atomic E-state index is 0.177. The van der Waals surface area contributed by atoms with E-state index >= 15 is 0 Å². The number of phenols is 1. The molecule has 3 heteroatoms. The van der Waals surface area contributed by atoms with Crippen LogP contribution in [0.3, 0.4) is 0 Å². The van der Waals surface area contributed by atoms with Crippen LogP contribution in [0.5, 0.6) is 11.5 Å². The zero-order chi connectivity index (χ0) is 12.8. The van der Waals surface area contributed by atoms with Crippen LogP contribution in [0.2, 0.25) is 0 Å². The van der Waals surface area contributed by atoms with Gasteiger partial charge < -0.3 is 15.2 Å². The second-order valence-corrected chi connectivity index (χ2v) is 4.10. The fraction of sp³-hybridized carbons (Fsp3) is 0.200. The summed E-state index contributed by atoms with van der Waals surface area (Å²) in [7, 11) is 1.54. The molecule has 0 amide bonds. The summed E-state index contributed by atoms with van der Waals surface area (Å²) >= 11 is 0. The van der Waals surface area contributed by atoms with Gasteiger partial charge in [-0.15, -0.1) is 0 Å². The molecule has 0 aromatic heterocycles. The summed E-state index contributed by atoms with van der Waals surface area (Å²) < 4.78 is 5.00. The molecule has 0 fully saturated rings. The Labute approximate surface area is 107 Å². The van der Waals surface area contributed by atoms with E-state index in [1.807, 2.05) is 24.3 Å². The van der Waals surface area contributed by atoms with Gasteiger partial charge in [0.2, 0.25) is 0 Å². The fourth-order valence-corrected chi connectivity index (χ4v) is 1.79. The molecular formula is C15H17NO2. The molecule has 2 rings (SSSR count). The Kier molecular flexibility index (Phi) is 4.20. The average Bonchev–Trinajstić information content (AvgIpc) is 2.40. The molecule has 2 aromatic rings. The number of nitrogens with one attached hydrogen (secondary N) is 1. The van der Waals surface area contributed by atoms with Crippen LogP contribution in [0.15, 0.2) is 48.5 Å². The van der Waals surface area contributed by atoms with Crippen LogP contribution >= 0.6 is 0 Å². The highest BCUT2D eigenvalue weighted by molar-refractivity contribution is 5.41. The molecule has 0 aliphatic heterocycles. The molecule has 0 atom stereocenters. The van der Waals surface area contributed by atoms with E-state index in [-0.39, 0.29) is 5.75 Å². The molecule has 0 saturated carbocycles. The Bertz CT molecular complexity index is 497. The van der Waals surface area contributed by atoms with Crippen molar-refractivity contribution in [2.45, 2.75) is 13.1 Å². The highest BCUT2D eigenvalue weighted by atomic mass is 16.5. The van der Waals surface area contributed by atoms with Gasteiger partial charge in [0.15, 0.2) is 11.5 Å². The van der Waals surface area contributed by atoms with Crippen LogP contribution < -0.4 is 10.1 Å². The Hall–Kier alpha value is -2.00. The van der Waals surface area contributed by atoms with E-state index in [1.54, 1.807) is 19.2 Å². The maximum Gasteiger partial charge on any atom is 0.160 e. The number of rotatable bonds is 5. The lowest BCUT2D eigenvalue weighted by Gasteiger charge is -2.07. The number of ether oxygens (including phenoxy) is 1. The summed E-state index contributed by atoms with van der Waals surface area (Å²) in [4.78, 5) is 0. The van der Waals surface area contributed by atoms with Crippen molar-refractivity contribution in [2.24, 2.45) is 0 Å². The first-order valence-corrected chi connectivity index (χ1v) is 5.90. The molecule has 0 unspecified atom stereocenters. The number of benzene rings is 2. The van der Waals surface area contributed by atoms with Gasteiger partial charge in [0.05, 0.1) is 7.11 Å². The van der Waals surface area contributed by atoms with Crippen LogP contribution in [0.1, 0.15) is 11.1 Å². The Morgan fingerprint density at radius 1 is 1.00 bits per heavy atom. The van der Waals surface area contributed by atoms with Gasteiger partial charge in [0, 0.05) is 13.1 Å². The van der Waals surface area contributed by atoms with E-state index in [9.17, 15) is 5.11 Å². The number of aromatic hydroxyl groups is 1. The van der Waals surface area contributed by atoms with E-state index < -0.39 is 0 Å². The molecule has 0 radical (unpaired) electrons. The summed E-state index contributed by atoms with van der Waals surface area (Å²) in [5.41, 5.74) is 2.28. The van der Waals surface area contributed by atoms with Crippen LogP contribution in [0, 0.1) is 0 Å². The smallest absolute Gasteiger partial charge is 0.160 e. The van der Waals surface area contributed by atoms with Crippen molar-refractivity contribution in [2.75, 3.05) is 7.11 Å². The number of hydrogen-bond donors (Lipinski definition) is 2. The maximum absolute atomic E-state index is 9.65. The number of hydrogen-bond acceptors (Lipinski definition) is 3. The van der Waals surface area contributed by atoms with E-state index in [2.05, 4.69) is 17.4 Å². The Morgan fingerprint density at radius 3 is 2.39 bits per heavy atom. The topological polar surface area (TPSA) is 41.5 Å². The van der Waals surface area contributed by atoms with Crippen LogP contribution in [-0.2, 0) is 13.1 Å². The summed E-state index contributed by atoms with van der Waals surface area (Å²) in [6, 6.07) is 15.6. The lowest BCUT2D eigenvalue weighted by Crippen LogP contribution is -2.12. The fourth-order valence-electron chi connectivity index (χ4n) is 1.79. The monoisotopic (exact) mass is 243 g/mol. The molecule has 2 N–H and O–H groups in total. The molecule has 94 valence electrons. The van der Waals surface area contributed by atoms with E-state index in [0.717, 1.165) is 12.1 Å². The highest BCUT2D eigenvalue weighted by Crippen LogP contribution is 2.26. The van der Waals surface area contributed by atoms with Gasteiger partial charge in [-0.05, 0) is 23.3 Å². The minimum Gasteiger partial charge on any atom is -0.504 e. The summed E-state index contributed by atoms with van der Waals surface area (Å²) in [5, 5.41) is 13.0. The quantitative estimate of drug-likeness (QED) is 0.848. The first kappa shape index (κ1) is 12.5. The third-order valence-corrected chi connectivity index (χ3v) is 2.74. The van der Waals surface area contributed by atoms with Crippen molar-refractivity contribution in [3.05, 3.63) is 59.7 Å². The molecule has 2 aromatic carbocycles. The van der Waals surface area contributed by atoms with E-state index in [4.69, 9.17) is 4.74 Å². The second kappa shape index (κ2) is 6.07. The number of phenolic OH excluding ortho intramolecular Hbond substituents is 1. The van der Waals surface area contributed by atoms with Crippen LogP contribution in [-0.4, -0.2) is 12.2 Å². The van der Waals surface area contributed by atoms with Gasteiger partial charge in [-0.3, -0.25) is 0 Å². The zero-order valence-corrected chi connectivity index (χ0v) is 10.4. The van der Waals surface area contributed by atoms with Crippen molar-refractivity contribution < 1.29 is 9.84 Å². The third-order valence-electron chi connectivity index (χ3n) is 2.74. The summed E-state index contributed by atoms with van der Waals surface area (Å²) in [5.74, 6) is 0.679. The predicted octanol–water partition coefficient (Wildman–Crippen LogP) is 2.69. The van der Waals surface area contributed by atoms with Crippen molar-refractivity contribution >= 4 is 0 Å². The molecule has 0 aliphatic carbocycles. The minimum atomic E-state index is 0.177. The summed E-state index contributed by atoms with van der Waals surface area (Å²) in [6.07, 6.45) is 0. The maximum atomic E-state index is 9.65. The molecule has 0 bridgehead atoms. The van der Waals surface area contributed by atoms with Crippen LogP contribution in [0.25, 0.3) is 0 Å². The molecule has 0 heterocycles. The Morgan fingerprint density at radius 2 is 1.72 bits per heavy atom. The standard InChI is InChI=1S/C15H17NO2/c1-18-15-8-7-13(9-14(15)17)11-16-10-12-5-3-2-4-6-12/h2-9,16-17H,10-11H2,1H3. The highest BCUT2D eigenvalue weighted by Gasteiger charge is 2.02. The molecule has 0 aliphatic rings. The number of methoxy groups -OCH3 is 1. The molecule has 18 heavy (non-hydrogen) atoms. The van der Waals surface area contributed by atoms with E-state index in [1.165, 1.54) is 5.56 Å². The van der Waals surface area contributed by atoms with Crippen molar-refractivity contribution in [3.8, 4) is 11.5 Å². The van der Waals surface area contributed by atoms with Crippen molar-refractivity contribution in [3.63, 3.8) is 0 Å². The van der Waals surface area contributed by atoms with Gasteiger partial charge in [-0.1, -0.05) is 36.4 Å². The molecule has 3 nitrogen and oxygen atoms in total. The van der Waals surface area contributed by atoms with Gasteiger partial charge in [-0.2, -0.15) is 0 Å². The summed E-state index contributed by atoms with van der Waals surface area (Å²) in [6.45, 7) is 1.53. The van der Waals surface area contributed by atoms with Gasteiger partial charge in [0.25, 0.3) is 0 Å². The Balaban J connectivity index is 1.89. The normalized spacial score (nSPS) is 10.3. The zero-order valence-electron chi connectivity index (χ0n) is 10.4. The van der Waals surface area contributed by atoms with Crippen molar-refractivity contribution in [1.82, 2.24) is 5.32 Å². The molecular weight excluding hydrogens is 226 g/mol. The second-order valence-electron chi connectivity index (χ2n) is 4.10. The van der Waals surface area contributed by atoms with Crippen LogP contribution in [0.4, 0.5) is 0 Å². The largest absolute Gasteiger partial charge is 0.504 e. The molecule has 0 spiro atoms. The lowest BCUT2D eigenvalue weighted by atomic mass is 10.2. The SMILES string of the molecule is COc1ccc(CNCc2ccccc2)cc1O. The lowest BCUT2D eigenvalue weighted by molar-refractivity contribution is 0.373. The third kappa shape index (κ3) is 3.25. The molecule has 0 saturated heterocycles. The average molecular weight is 243 g/mol.